The predicted molar refractivity (Wildman–Crippen MR) is 68.4 cm³/mol. The molecule has 0 heterocycles. The Morgan fingerprint density at radius 2 is 1.18 bits per heavy atom. The molecule has 0 aliphatic heterocycles. The van der Waals surface area contributed by atoms with Crippen molar-refractivity contribution in [3.8, 4) is 0 Å². The summed E-state index contributed by atoms with van der Waals surface area (Å²) in [6, 6.07) is 21.3. The number of benzene rings is 2. The number of rotatable bonds is 4. The van der Waals surface area contributed by atoms with Crippen LogP contribution >= 0.6 is 0 Å². The molecule has 0 aromatic heterocycles. The summed E-state index contributed by atoms with van der Waals surface area (Å²) in [5, 5.41) is 0. The Morgan fingerprint density at radius 3 is 1.53 bits per heavy atom. The van der Waals surface area contributed by atoms with Crippen LogP contribution in [-0.2, 0) is 25.0 Å². The van der Waals surface area contributed by atoms with Crippen LogP contribution in [0.25, 0.3) is 0 Å². The molecule has 0 saturated carbocycles. The molecule has 0 N–H and O–H groups in total. The molecule has 0 bridgehead atoms. The Balaban J connectivity index is 2.32. The van der Waals surface area contributed by atoms with Crippen LogP contribution in [0.4, 0.5) is 0 Å². The molecule has 1 nitrogen and oxygen atoms in total. The zero-order valence-electron chi connectivity index (χ0n) is 10.3. The summed E-state index contributed by atoms with van der Waals surface area (Å²) in [6.07, 6.45) is 0.296. The summed E-state index contributed by atoms with van der Waals surface area (Å²) in [4.78, 5) is 0. The molecule has 0 amide bonds. The summed E-state index contributed by atoms with van der Waals surface area (Å²) < 4.78 is 9.02. The Bertz CT molecular complexity index is 399. The van der Waals surface area contributed by atoms with Gasteiger partial charge in [0.1, 0.15) is 0 Å². The van der Waals surface area contributed by atoms with Crippen LogP contribution in [0, 0.1) is 0 Å². The van der Waals surface area contributed by atoms with E-state index in [1.807, 2.05) is 0 Å². The Hall–Kier alpha value is -0.717. The van der Waals surface area contributed by atoms with Gasteiger partial charge in [-0.05, 0) is 0 Å². The third-order valence-corrected chi connectivity index (χ3v) is 8.38. The van der Waals surface area contributed by atoms with Gasteiger partial charge >= 0.3 is 112 Å². The van der Waals surface area contributed by atoms with E-state index in [-0.39, 0.29) is 0 Å². The normalized spacial score (nSPS) is 10.5. The maximum absolute atomic E-state index is 6.22. The third kappa shape index (κ3) is 3.62. The fourth-order valence-electron chi connectivity index (χ4n) is 1.72. The zero-order chi connectivity index (χ0) is 12.1. The van der Waals surface area contributed by atoms with Crippen LogP contribution in [0.1, 0.15) is 13.8 Å². The summed E-state index contributed by atoms with van der Waals surface area (Å²) in [5.41, 5.74) is 0. The van der Waals surface area contributed by atoms with Crippen molar-refractivity contribution in [1.29, 1.82) is 0 Å². The minimum atomic E-state index is -2.15. The van der Waals surface area contributed by atoms with Crippen molar-refractivity contribution in [2.75, 3.05) is 0 Å². The van der Waals surface area contributed by atoms with Gasteiger partial charge < -0.3 is 0 Å². The molecular formula is C15H17OZr. The summed E-state index contributed by atoms with van der Waals surface area (Å²) in [7, 11) is 0. The van der Waals surface area contributed by atoms with Crippen LogP contribution in [0.3, 0.4) is 0 Å². The van der Waals surface area contributed by atoms with Crippen LogP contribution in [0.5, 0.6) is 0 Å². The van der Waals surface area contributed by atoms with E-state index in [1.165, 1.54) is 6.54 Å². The first-order valence-corrected chi connectivity index (χ1v) is 9.38. The summed E-state index contributed by atoms with van der Waals surface area (Å²) >= 11 is -2.15. The second kappa shape index (κ2) is 6.28. The average molecular weight is 305 g/mol. The topological polar surface area (TPSA) is 9.23 Å². The molecule has 2 rings (SSSR count). The van der Waals surface area contributed by atoms with Crippen molar-refractivity contribution in [2.24, 2.45) is 0 Å². The first-order chi connectivity index (χ1) is 8.27. The van der Waals surface area contributed by atoms with E-state index in [0.29, 0.717) is 6.10 Å². The van der Waals surface area contributed by atoms with Gasteiger partial charge in [-0.25, -0.2) is 0 Å². The summed E-state index contributed by atoms with van der Waals surface area (Å²) in [6.45, 7) is 4.24. The molecule has 2 heteroatoms. The van der Waals surface area contributed by atoms with Gasteiger partial charge in [0.05, 0.1) is 0 Å². The standard InChI is InChI=1S/2C6H5.C3H7O.Zr/c2*1-2-4-6-5-3-1;1-3(2)4;/h2*1-5H;3H,1-2H3;/q;;-1;+1. The first-order valence-electron chi connectivity index (χ1n) is 5.92. The van der Waals surface area contributed by atoms with E-state index in [0.717, 1.165) is 0 Å². The van der Waals surface area contributed by atoms with Gasteiger partial charge in [-0.2, -0.15) is 0 Å². The predicted octanol–water partition coefficient (Wildman–Crippen LogP) is 2.60. The first kappa shape index (κ1) is 12.7. The third-order valence-electron chi connectivity index (χ3n) is 2.43. The molecule has 0 radical (unpaired) electrons. The van der Waals surface area contributed by atoms with Gasteiger partial charge in [0.2, 0.25) is 0 Å². The maximum atomic E-state index is 6.22. The van der Waals surface area contributed by atoms with Gasteiger partial charge in [0, 0.05) is 0 Å². The van der Waals surface area contributed by atoms with Crippen LogP contribution in [0.15, 0.2) is 60.7 Å². The van der Waals surface area contributed by atoms with Crippen molar-refractivity contribution in [1.82, 2.24) is 0 Å². The summed E-state index contributed by atoms with van der Waals surface area (Å²) in [5.74, 6) is 0. The molecular weight excluding hydrogens is 287 g/mol. The Labute approximate surface area is 112 Å². The van der Waals surface area contributed by atoms with Gasteiger partial charge in [0.15, 0.2) is 0 Å². The molecule has 0 aliphatic rings. The zero-order valence-corrected chi connectivity index (χ0v) is 12.7. The molecule has 0 saturated heterocycles. The van der Waals surface area contributed by atoms with E-state index in [2.05, 4.69) is 74.5 Å². The molecule has 0 fully saturated rings. The minimum absolute atomic E-state index is 0.296. The van der Waals surface area contributed by atoms with Crippen LogP contribution in [0.2, 0.25) is 0 Å². The van der Waals surface area contributed by atoms with Crippen molar-refractivity contribution < 1.29 is 25.0 Å². The molecule has 17 heavy (non-hydrogen) atoms. The quantitative estimate of drug-likeness (QED) is 0.844. The SMILES string of the molecule is CC(C)[O][Zr]([c]1ccccc1)[c]1ccccc1. The van der Waals surface area contributed by atoms with Gasteiger partial charge in [-0.15, -0.1) is 0 Å². The van der Waals surface area contributed by atoms with Gasteiger partial charge in [0.25, 0.3) is 0 Å². The molecule has 0 unspecified atom stereocenters. The fraction of sp³-hybridized carbons (Fsp3) is 0.200. The van der Waals surface area contributed by atoms with Gasteiger partial charge in [-0.3, -0.25) is 0 Å². The van der Waals surface area contributed by atoms with Crippen LogP contribution in [-0.4, -0.2) is 6.10 Å². The number of hydrogen-bond donors (Lipinski definition) is 0. The van der Waals surface area contributed by atoms with Crippen molar-refractivity contribution >= 4 is 6.54 Å². The Kier molecular flexibility index (Phi) is 4.70. The van der Waals surface area contributed by atoms with Crippen LogP contribution < -0.4 is 6.54 Å². The van der Waals surface area contributed by atoms with E-state index in [9.17, 15) is 0 Å². The van der Waals surface area contributed by atoms with E-state index < -0.39 is 22.2 Å². The van der Waals surface area contributed by atoms with Crippen molar-refractivity contribution in [2.45, 2.75) is 20.0 Å². The van der Waals surface area contributed by atoms with Crippen molar-refractivity contribution in [3.63, 3.8) is 0 Å². The molecule has 87 valence electrons. The molecule has 0 aliphatic carbocycles. The second-order valence-electron chi connectivity index (χ2n) is 4.23. The Morgan fingerprint density at radius 1 is 0.765 bits per heavy atom. The second-order valence-corrected chi connectivity index (χ2v) is 9.26. The van der Waals surface area contributed by atoms with E-state index in [4.69, 9.17) is 2.81 Å². The molecule has 2 aromatic carbocycles. The fourth-order valence-corrected chi connectivity index (χ4v) is 6.80. The average Bonchev–Trinajstić information content (AvgIpc) is 2.38. The molecule has 0 atom stereocenters. The number of hydrogen-bond acceptors (Lipinski definition) is 1. The van der Waals surface area contributed by atoms with Crippen molar-refractivity contribution in [3.05, 3.63) is 60.7 Å². The monoisotopic (exact) mass is 303 g/mol. The molecule has 2 aromatic rings. The van der Waals surface area contributed by atoms with E-state index in [1.54, 1.807) is 0 Å². The molecule has 0 spiro atoms. The van der Waals surface area contributed by atoms with E-state index >= 15 is 0 Å². The van der Waals surface area contributed by atoms with Gasteiger partial charge in [-0.1, -0.05) is 0 Å².